The standard InChI is InChI=1S/C14H17N3O4/c1-3-17(4-2)13(19)12(18)16-15-9-10-7-5-6-8-11(10)14(20)21/h5-9H,3-4H2,1-2H3,(H,16,18)(H,20,21)/b15-9-. The molecule has 21 heavy (non-hydrogen) atoms. The molecule has 0 spiro atoms. The summed E-state index contributed by atoms with van der Waals surface area (Å²) in [6.07, 6.45) is 1.19. The Kier molecular flexibility index (Phi) is 6.06. The first-order chi connectivity index (χ1) is 10.0. The third-order valence-corrected chi connectivity index (χ3v) is 2.81. The fourth-order valence-corrected chi connectivity index (χ4v) is 1.67. The molecular formula is C14H17N3O4. The minimum absolute atomic E-state index is 0.0607. The molecule has 0 fully saturated rings. The van der Waals surface area contributed by atoms with E-state index in [-0.39, 0.29) is 5.56 Å². The molecule has 7 heteroatoms. The van der Waals surface area contributed by atoms with E-state index in [9.17, 15) is 14.4 Å². The number of hydrogen-bond donors (Lipinski definition) is 2. The van der Waals surface area contributed by atoms with Crippen LogP contribution in [0.25, 0.3) is 0 Å². The van der Waals surface area contributed by atoms with Gasteiger partial charge in [-0.3, -0.25) is 9.59 Å². The van der Waals surface area contributed by atoms with Gasteiger partial charge in [0.2, 0.25) is 0 Å². The van der Waals surface area contributed by atoms with Gasteiger partial charge in [0, 0.05) is 18.7 Å². The number of carboxylic acids is 1. The number of nitrogens with one attached hydrogen (secondary N) is 1. The van der Waals surface area contributed by atoms with Crippen LogP contribution in [0, 0.1) is 0 Å². The Morgan fingerprint density at radius 3 is 2.43 bits per heavy atom. The van der Waals surface area contributed by atoms with Crippen molar-refractivity contribution in [2.75, 3.05) is 13.1 Å². The summed E-state index contributed by atoms with van der Waals surface area (Å²) in [5.41, 5.74) is 2.49. The van der Waals surface area contributed by atoms with E-state index in [1.54, 1.807) is 32.0 Å². The maximum Gasteiger partial charge on any atom is 0.336 e. The molecular weight excluding hydrogens is 274 g/mol. The van der Waals surface area contributed by atoms with E-state index in [4.69, 9.17) is 5.11 Å². The molecule has 112 valence electrons. The summed E-state index contributed by atoms with van der Waals surface area (Å²) in [7, 11) is 0. The molecule has 0 aliphatic heterocycles. The monoisotopic (exact) mass is 291 g/mol. The van der Waals surface area contributed by atoms with E-state index in [1.165, 1.54) is 17.2 Å². The van der Waals surface area contributed by atoms with E-state index in [0.717, 1.165) is 0 Å². The van der Waals surface area contributed by atoms with Gasteiger partial charge in [-0.15, -0.1) is 0 Å². The van der Waals surface area contributed by atoms with E-state index in [0.29, 0.717) is 18.7 Å². The van der Waals surface area contributed by atoms with Gasteiger partial charge in [-0.05, 0) is 19.9 Å². The van der Waals surface area contributed by atoms with E-state index >= 15 is 0 Å². The second-order valence-electron chi connectivity index (χ2n) is 4.07. The lowest BCUT2D eigenvalue weighted by Crippen LogP contribution is -2.41. The summed E-state index contributed by atoms with van der Waals surface area (Å²) < 4.78 is 0. The van der Waals surface area contributed by atoms with Gasteiger partial charge in [0.1, 0.15) is 0 Å². The van der Waals surface area contributed by atoms with Crippen molar-refractivity contribution in [3.8, 4) is 0 Å². The zero-order chi connectivity index (χ0) is 15.8. The summed E-state index contributed by atoms with van der Waals surface area (Å²) >= 11 is 0. The number of hydrazone groups is 1. The molecule has 0 saturated carbocycles. The van der Waals surface area contributed by atoms with Crippen molar-refractivity contribution in [1.82, 2.24) is 10.3 Å². The molecule has 0 aromatic heterocycles. The Morgan fingerprint density at radius 2 is 1.86 bits per heavy atom. The Hall–Kier alpha value is -2.70. The quantitative estimate of drug-likeness (QED) is 0.474. The highest BCUT2D eigenvalue weighted by molar-refractivity contribution is 6.35. The first kappa shape index (κ1) is 16.4. The summed E-state index contributed by atoms with van der Waals surface area (Å²) in [5, 5.41) is 12.6. The van der Waals surface area contributed by atoms with Crippen LogP contribution < -0.4 is 5.43 Å². The number of nitrogens with zero attached hydrogens (tertiary/aromatic N) is 2. The fourth-order valence-electron chi connectivity index (χ4n) is 1.67. The number of benzene rings is 1. The maximum atomic E-state index is 11.7. The van der Waals surface area contributed by atoms with Crippen LogP contribution >= 0.6 is 0 Å². The summed E-state index contributed by atoms with van der Waals surface area (Å²) in [6.45, 7) is 4.38. The molecule has 0 atom stereocenters. The van der Waals surface area contributed by atoms with Gasteiger partial charge in [0.25, 0.3) is 0 Å². The molecule has 1 rings (SSSR count). The van der Waals surface area contributed by atoms with E-state index in [2.05, 4.69) is 10.5 Å². The van der Waals surface area contributed by atoms with Crippen LogP contribution in [-0.4, -0.2) is 47.1 Å². The molecule has 1 aromatic carbocycles. The summed E-state index contributed by atoms with van der Waals surface area (Å²) in [4.78, 5) is 35.6. The van der Waals surface area contributed by atoms with E-state index in [1.807, 2.05) is 0 Å². The van der Waals surface area contributed by atoms with Crippen LogP contribution in [0.15, 0.2) is 29.4 Å². The molecule has 0 heterocycles. The fraction of sp³-hybridized carbons (Fsp3) is 0.286. The molecule has 2 N–H and O–H groups in total. The van der Waals surface area contributed by atoms with Crippen LogP contribution in [0.4, 0.5) is 0 Å². The smallest absolute Gasteiger partial charge is 0.336 e. The zero-order valence-corrected chi connectivity index (χ0v) is 11.9. The van der Waals surface area contributed by atoms with Crippen molar-refractivity contribution in [1.29, 1.82) is 0 Å². The van der Waals surface area contributed by atoms with Crippen LogP contribution in [0.1, 0.15) is 29.8 Å². The molecule has 0 radical (unpaired) electrons. The van der Waals surface area contributed by atoms with Gasteiger partial charge in [-0.25, -0.2) is 10.2 Å². The Labute approximate surface area is 122 Å². The SMILES string of the molecule is CCN(CC)C(=O)C(=O)N/N=C\c1ccccc1C(=O)O. The first-order valence-electron chi connectivity index (χ1n) is 6.45. The third-order valence-electron chi connectivity index (χ3n) is 2.81. The van der Waals surface area contributed by atoms with Gasteiger partial charge in [0.15, 0.2) is 0 Å². The Bertz CT molecular complexity index is 565. The lowest BCUT2D eigenvalue weighted by Gasteiger charge is -2.16. The maximum absolute atomic E-state index is 11.7. The number of carbonyl (C=O) groups excluding carboxylic acids is 2. The molecule has 0 aliphatic rings. The Balaban J connectivity index is 2.73. The van der Waals surface area contributed by atoms with Crippen molar-refractivity contribution < 1.29 is 19.5 Å². The highest BCUT2D eigenvalue weighted by Gasteiger charge is 2.18. The van der Waals surface area contributed by atoms with Gasteiger partial charge in [-0.2, -0.15) is 5.10 Å². The third kappa shape index (κ3) is 4.41. The van der Waals surface area contributed by atoms with Crippen molar-refractivity contribution in [2.45, 2.75) is 13.8 Å². The predicted molar refractivity (Wildman–Crippen MR) is 77.1 cm³/mol. The number of likely N-dealkylation sites (N-methyl/N-ethyl adjacent to an activating group) is 1. The minimum atomic E-state index is -1.09. The lowest BCUT2D eigenvalue weighted by molar-refractivity contribution is -0.145. The molecule has 0 saturated heterocycles. The molecule has 2 amide bonds. The molecule has 0 unspecified atom stereocenters. The topological polar surface area (TPSA) is 99.1 Å². The van der Waals surface area contributed by atoms with Crippen molar-refractivity contribution >= 4 is 24.0 Å². The van der Waals surface area contributed by atoms with Crippen molar-refractivity contribution in [2.24, 2.45) is 5.10 Å². The molecule has 0 aliphatic carbocycles. The molecule has 1 aromatic rings. The first-order valence-corrected chi connectivity index (χ1v) is 6.45. The lowest BCUT2D eigenvalue weighted by atomic mass is 10.1. The predicted octanol–water partition coefficient (Wildman–Crippen LogP) is 0.703. The molecule has 7 nitrogen and oxygen atoms in total. The summed E-state index contributed by atoms with van der Waals surface area (Å²) in [6, 6.07) is 6.21. The van der Waals surface area contributed by atoms with Crippen LogP contribution in [-0.2, 0) is 9.59 Å². The minimum Gasteiger partial charge on any atom is -0.478 e. The van der Waals surface area contributed by atoms with Gasteiger partial charge in [-0.1, -0.05) is 18.2 Å². The average molecular weight is 291 g/mol. The average Bonchev–Trinajstić information content (AvgIpc) is 2.48. The number of amides is 2. The number of hydrogen-bond acceptors (Lipinski definition) is 4. The highest BCUT2D eigenvalue weighted by atomic mass is 16.4. The number of aromatic carboxylic acids is 1. The number of carbonyl (C=O) groups is 3. The van der Waals surface area contributed by atoms with Crippen LogP contribution in [0.3, 0.4) is 0 Å². The van der Waals surface area contributed by atoms with Crippen molar-refractivity contribution in [3.05, 3.63) is 35.4 Å². The highest BCUT2D eigenvalue weighted by Crippen LogP contribution is 2.05. The Morgan fingerprint density at radius 1 is 1.24 bits per heavy atom. The van der Waals surface area contributed by atoms with Gasteiger partial charge >= 0.3 is 17.8 Å². The number of rotatable bonds is 5. The largest absolute Gasteiger partial charge is 0.478 e. The second-order valence-corrected chi connectivity index (χ2v) is 4.07. The van der Waals surface area contributed by atoms with Gasteiger partial charge < -0.3 is 10.0 Å². The zero-order valence-electron chi connectivity index (χ0n) is 11.9. The summed E-state index contributed by atoms with van der Waals surface area (Å²) in [5.74, 6) is -2.63. The van der Waals surface area contributed by atoms with Gasteiger partial charge in [0.05, 0.1) is 11.8 Å². The normalized spacial score (nSPS) is 10.4. The molecule has 0 bridgehead atoms. The van der Waals surface area contributed by atoms with Crippen molar-refractivity contribution in [3.63, 3.8) is 0 Å². The van der Waals surface area contributed by atoms with Crippen LogP contribution in [0.5, 0.6) is 0 Å². The van der Waals surface area contributed by atoms with E-state index < -0.39 is 17.8 Å². The second kappa shape index (κ2) is 7.78. The number of carboxylic acid groups (broad SMARTS) is 1. The van der Waals surface area contributed by atoms with Crippen LogP contribution in [0.2, 0.25) is 0 Å².